The Labute approximate surface area is 141 Å². The Morgan fingerprint density at radius 1 is 1.36 bits per heavy atom. The SMILES string of the molecule is CCC1OC(SSC)C(NC(=O)C(C)C)C(C)C1OC(C)=O. The van der Waals surface area contributed by atoms with Crippen LogP contribution < -0.4 is 5.32 Å². The first-order valence-corrected chi connectivity index (χ1v) is 10.3. The van der Waals surface area contributed by atoms with Gasteiger partial charge >= 0.3 is 5.97 Å². The van der Waals surface area contributed by atoms with Crippen LogP contribution in [-0.2, 0) is 19.1 Å². The highest BCUT2D eigenvalue weighted by atomic mass is 33.1. The fraction of sp³-hybridized carbons (Fsp3) is 0.867. The van der Waals surface area contributed by atoms with Crippen LogP contribution in [0, 0.1) is 11.8 Å². The molecule has 1 N–H and O–H groups in total. The highest BCUT2D eigenvalue weighted by Crippen LogP contribution is 2.38. The normalized spacial score (nSPS) is 31.9. The molecule has 0 radical (unpaired) electrons. The maximum absolute atomic E-state index is 12.1. The zero-order valence-corrected chi connectivity index (χ0v) is 15.8. The highest BCUT2D eigenvalue weighted by molar-refractivity contribution is 8.76. The highest BCUT2D eigenvalue weighted by Gasteiger charge is 2.45. The Bertz CT molecular complexity index is 392. The van der Waals surface area contributed by atoms with Crippen LogP contribution >= 0.6 is 21.6 Å². The molecule has 0 saturated carbocycles. The lowest BCUT2D eigenvalue weighted by Crippen LogP contribution is -2.59. The summed E-state index contributed by atoms with van der Waals surface area (Å²) < 4.78 is 11.6. The molecule has 1 saturated heterocycles. The summed E-state index contributed by atoms with van der Waals surface area (Å²) in [5.74, 6) is -0.425. The largest absolute Gasteiger partial charge is 0.459 e. The van der Waals surface area contributed by atoms with Crippen molar-refractivity contribution in [1.29, 1.82) is 0 Å². The van der Waals surface area contributed by atoms with Crippen LogP contribution in [0.1, 0.15) is 41.0 Å². The first kappa shape index (κ1) is 19.6. The van der Waals surface area contributed by atoms with Gasteiger partial charge in [0.1, 0.15) is 11.5 Å². The van der Waals surface area contributed by atoms with Crippen molar-refractivity contribution in [1.82, 2.24) is 5.32 Å². The summed E-state index contributed by atoms with van der Waals surface area (Å²) in [6, 6.07) is -0.181. The molecule has 1 aliphatic heterocycles. The van der Waals surface area contributed by atoms with Crippen LogP contribution in [0.15, 0.2) is 0 Å². The number of amides is 1. The van der Waals surface area contributed by atoms with Crippen LogP contribution in [0.2, 0.25) is 0 Å². The molecule has 1 rings (SSSR count). The van der Waals surface area contributed by atoms with Gasteiger partial charge < -0.3 is 14.8 Å². The van der Waals surface area contributed by atoms with Gasteiger partial charge in [-0.1, -0.05) is 49.3 Å². The van der Waals surface area contributed by atoms with Gasteiger partial charge in [-0.2, -0.15) is 0 Å². The number of nitrogens with one attached hydrogen (secondary N) is 1. The summed E-state index contributed by atoms with van der Waals surface area (Å²) in [7, 11) is 3.21. The molecule has 0 aliphatic carbocycles. The molecule has 128 valence electrons. The second kappa shape index (κ2) is 9.03. The standard InChI is InChI=1S/C15H27NO4S2/c1-7-11-13(19-10(5)17)9(4)12(15(20-11)22-21-6)16-14(18)8(2)3/h8-9,11-13,15H,7H2,1-6H3,(H,16,18). The van der Waals surface area contributed by atoms with Crippen molar-refractivity contribution >= 4 is 33.5 Å². The fourth-order valence-corrected chi connectivity index (χ4v) is 4.41. The summed E-state index contributed by atoms with van der Waals surface area (Å²) in [5, 5.41) is 3.06. The lowest BCUT2D eigenvalue weighted by molar-refractivity contribution is -0.177. The van der Waals surface area contributed by atoms with Gasteiger partial charge in [-0.3, -0.25) is 9.59 Å². The van der Waals surface area contributed by atoms with Gasteiger partial charge in [0.2, 0.25) is 5.91 Å². The van der Waals surface area contributed by atoms with Gasteiger partial charge in [-0.25, -0.2) is 0 Å². The monoisotopic (exact) mass is 349 g/mol. The zero-order chi connectivity index (χ0) is 16.9. The van der Waals surface area contributed by atoms with Gasteiger partial charge in [0, 0.05) is 18.8 Å². The van der Waals surface area contributed by atoms with Crippen molar-refractivity contribution in [3.63, 3.8) is 0 Å². The van der Waals surface area contributed by atoms with Gasteiger partial charge in [0.05, 0.1) is 12.1 Å². The van der Waals surface area contributed by atoms with Crippen LogP contribution in [0.3, 0.4) is 0 Å². The third-order valence-corrected chi connectivity index (χ3v) is 5.71. The van der Waals surface area contributed by atoms with E-state index >= 15 is 0 Å². The Morgan fingerprint density at radius 2 is 2.00 bits per heavy atom. The minimum absolute atomic E-state index is 0.00468. The summed E-state index contributed by atoms with van der Waals surface area (Å²) in [5.41, 5.74) is -0.149. The summed E-state index contributed by atoms with van der Waals surface area (Å²) in [6.07, 6.45) is 2.27. The molecule has 1 heterocycles. The van der Waals surface area contributed by atoms with E-state index in [1.54, 1.807) is 21.6 Å². The molecular formula is C15H27NO4S2. The quantitative estimate of drug-likeness (QED) is 0.588. The first-order chi connectivity index (χ1) is 10.3. The molecule has 1 aliphatic rings. The van der Waals surface area contributed by atoms with Crippen molar-refractivity contribution in [2.45, 2.75) is 64.7 Å². The molecule has 0 spiro atoms. The van der Waals surface area contributed by atoms with Crippen LogP contribution in [-0.4, -0.2) is 41.8 Å². The van der Waals surface area contributed by atoms with Gasteiger partial charge in [0.15, 0.2) is 0 Å². The lowest BCUT2D eigenvalue weighted by Gasteiger charge is -2.45. The van der Waals surface area contributed by atoms with Crippen LogP contribution in [0.5, 0.6) is 0 Å². The number of esters is 1. The Hall–Kier alpha value is -0.400. The van der Waals surface area contributed by atoms with Gasteiger partial charge in [-0.15, -0.1) is 0 Å². The van der Waals surface area contributed by atoms with E-state index in [9.17, 15) is 9.59 Å². The topological polar surface area (TPSA) is 64.6 Å². The number of carbonyl (C=O) groups is 2. The molecule has 0 bridgehead atoms. The average molecular weight is 350 g/mol. The number of rotatable bonds is 6. The van der Waals surface area contributed by atoms with E-state index in [0.717, 1.165) is 6.42 Å². The van der Waals surface area contributed by atoms with Crippen molar-refractivity contribution < 1.29 is 19.1 Å². The van der Waals surface area contributed by atoms with Crippen LogP contribution in [0.4, 0.5) is 0 Å². The maximum atomic E-state index is 12.1. The average Bonchev–Trinajstić information content (AvgIpc) is 2.44. The number of hydrogen-bond acceptors (Lipinski definition) is 6. The molecule has 0 aromatic carbocycles. The van der Waals surface area contributed by atoms with Gasteiger partial charge in [0.25, 0.3) is 0 Å². The van der Waals surface area contributed by atoms with Crippen molar-refractivity contribution in [2.24, 2.45) is 11.8 Å². The van der Waals surface area contributed by atoms with E-state index in [4.69, 9.17) is 9.47 Å². The molecular weight excluding hydrogens is 322 g/mol. The molecule has 7 heteroatoms. The zero-order valence-electron chi connectivity index (χ0n) is 14.1. The predicted octanol–water partition coefficient (Wildman–Crippen LogP) is 2.84. The predicted molar refractivity (Wildman–Crippen MR) is 91.5 cm³/mol. The Kier molecular flexibility index (Phi) is 8.07. The summed E-state index contributed by atoms with van der Waals surface area (Å²) in [4.78, 5) is 23.5. The maximum Gasteiger partial charge on any atom is 0.303 e. The Balaban J connectivity index is 2.96. The Morgan fingerprint density at radius 3 is 2.45 bits per heavy atom. The summed E-state index contributed by atoms with van der Waals surface area (Å²) in [6.45, 7) is 9.15. The molecule has 0 aromatic heterocycles. The third kappa shape index (κ3) is 5.06. The third-order valence-electron chi connectivity index (χ3n) is 3.78. The molecule has 1 fully saturated rings. The first-order valence-electron chi connectivity index (χ1n) is 7.64. The number of carbonyl (C=O) groups excluding carboxylic acids is 2. The van der Waals surface area contributed by atoms with Crippen molar-refractivity contribution in [2.75, 3.05) is 6.26 Å². The van der Waals surface area contributed by atoms with E-state index < -0.39 is 0 Å². The minimum Gasteiger partial charge on any atom is -0.459 e. The molecule has 5 unspecified atom stereocenters. The second-order valence-corrected chi connectivity index (χ2v) is 8.40. The number of ether oxygens (including phenoxy) is 2. The smallest absolute Gasteiger partial charge is 0.303 e. The van der Waals surface area contributed by atoms with Crippen LogP contribution in [0.25, 0.3) is 0 Å². The van der Waals surface area contributed by atoms with Crippen molar-refractivity contribution in [3.8, 4) is 0 Å². The number of hydrogen-bond donors (Lipinski definition) is 1. The van der Waals surface area contributed by atoms with E-state index in [2.05, 4.69) is 5.32 Å². The fourth-order valence-electron chi connectivity index (χ4n) is 2.54. The van der Waals surface area contributed by atoms with E-state index in [0.29, 0.717) is 0 Å². The van der Waals surface area contributed by atoms with Crippen molar-refractivity contribution in [3.05, 3.63) is 0 Å². The molecule has 5 nitrogen and oxygen atoms in total. The minimum atomic E-state index is -0.335. The summed E-state index contributed by atoms with van der Waals surface area (Å²) >= 11 is 0. The van der Waals surface area contributed by atoms with E-state index in [1.807, 2.05) is 34.0 Å². The molecule has 0 aromatic rings. The lowest BCUT2D eigenvalue weighted by atomic mass is 9.88. The van der Waals surface area contributed by atoms with Gasteiger partial charge in [-0.05, 0) is 12.7 Å². The van der Waals surface area contributed by atoms with E-state index in [1.165, 1.54) is 6.92 Å². The second-order valence-electron chi connectivity index (χ2n) is 5.84. The van der Waals surface area contributed by atoms with E-state index in [-0.39, 0.29) is 47.4 Å². The molecule has 5 atom stereocenters. The molecule has 1 amide bonds. The molecule has 22 heavy (non-hydrogen) atoms.